The van der Waals surface area contributed by atoms with Crippen LogP contribution in [-0.4, -0.2) is 15.0 Å². The minimum absolute atomic E-state index is 0.466. The first-order valence-corrected chi connectivity index (χ1v) is 4.81. The number of aromatic nitrogens is 3. The lowest BCUT2D eigenvalue weighted by Gasteiger charge is -1.94. The van der Waals surface area contributed by atoms with Gasteiger partial charge in [-0.3, -0.25) is 0 Å². The highest BCUT2D eigenvalue weighted by molar-refractivity contribution is 6.32. The molecule has 1 aromatic carbocycles. The zero-order valence-electron chi connectivity index (χ0n) is 7.66. The Bertz CT molecular complexity index is 659. The van der Waals surface area contributed by atoms with Crippen molar-refractivity contribution in [3.63, 3.8) is 0 Å². The van der Waals surface area contributed by atoms with E-state index in [2.05, 4.69) is 15.0 Å². The van der Waals surface area contributed by atoms with Crippen LogP contribution in [0.2, 0.25) is 5.02 Å². The molecule has 0 amide bonds. The summed E-state index contributed by atoms with van der Waals surface area (Å²) >= 11 is 5.93. The van der Waals surface area contributed by atoms with Gasteiger partial charge in [-0.1, -0.05) is 11.6 Å². The van der Waals surface area contributed by atoms with Crippen LogP contribution < -0.4 is 5.73 Å². The second kappa shape index (κ2) is 2.84. The number of nitrogen functional groups attached to an aromatic ring is 1. The number of nitrogens with two attached hydrogens (primary N) is 1. The summed E-state index contributed by atoms with van der Waals surface area (Å²) in [5, 5.41) is 2.46. The summed E-state index contributed by atoms with van der Waals surface area (Å²) < 4.78 is 0. The molecule has 0 saturated heterocycles. The number of nitrogens with one attached hydrogen (secondary N) is 1. The normalized spacial score (nSPS) is 11.3. The highest BCUT2D eigenvalue weighted by Crippen LogP contribution is 2.29. The highest BCUT2D eigenvalue weighted by Gasteiger charge is 2.08. The van der Waals surface area contributed by atoms with E-state index in [1.54, 1.807) is 0 Å². The van der Waals surface area contributed by atoms with Gasteiger partial charge >= 0.3 is 0 Å². The third-order valence-electron chi connectivity index (χ3n) is 2.38. The van der Waals surface area contributed by atoms with Gasteiger partial charge in [0.25, 0.3) is 0 Å². The van der Waals surface area contributed by atoms with E-state index in [-0.39, 0.29) is 0 Å². The second-order valence-corrected chi connectivity index (χ2v) is 3.73. The Morgan fingerprint density at radius 1 is 1.27 bits per heavy atom. The van der Waals surface area contributed by atoms with Crippen molar-refractivity contribution >= 4 is 39.4 Å². The molecule has 3 N–H and O–H groups in total. The van der Waals surface area contributed by atoms with Crippen LogP contribution in [0, 0.1) is 0 Å². The molecule has 2 heterocycles. The largest absolute Gasteiger partial charge is 0.383 e. The van der Waals surface area contributed by atoms with Gasteiger partial charge in [0, 0.05) is 15.9 Å². The lowest BCUT2D eigenvalue weighted by molar-refractivity contribution is 1.21. The lowest BCUT2D eigenvalue weighted by Crippen LogP contribution is -1.91. The van der Waals surface area contributed by atoms with Crippen LogP contribution in [0.15, 0.2) is 24.5 Å². The van der Waals surface area contributed by atoms with Gasteiger partial charge in [0.1, 0.15) is 17.8 Å². The third-order valence-corrected chi connectivity index (χ3v) is 2.62. The molecule has 2 aromatic heterocycles. The van der Waals surface area contributed by atoms with Crippen LogP contribution >= 0.6 is 11.6 Å². The number of H-pyrrole nitrogens is 1. The molecule has 3 rings (SSSR count). The predicted molar refractivity (Wildman–Crippen MR) is 60.8 cm³/mol. The summed E-state index contributed by atoms with van der Waals surface area (Å²) in [5.74, 6) is 0.466. The van der Waals surface area contributed by atoms with E-state index in [1.165, 1.54) is 6.33 Å². The Labute approximate surface area is 90.1 Å². The van der Waals surface area contributed by atoms with Gasteiger partial charge in [-0.05, 0) is 18.2 Å². The Kier molecular flexibility index (Phi) is 1.61. The van der Waals surface area contributed by atoms with Crippen molar-refractivity contribution in [3.8, 4) is 0 Å². The monoisotopic (exact) mass is 218 g/mol. The number of nitrogens with zero attached hydrogens (tertiary/aromatic N) is 2. The number of hydrogen-bond acceptors (Lipinski definition) is 3. The molecule has 0 radical (unpaired) electrons. The first-order valence-electron chi connectivity index (χ1n) is 4.43. The first kappa shape index (κ1) is 8.49. The topological polar surface area (TPSA) is 67.6 Å². The minimum atomic E-state index is 0.466. The molecule has 0 aliphatic rings. The number of anilines is 1. The Morgan fingerprint density at radius 3 is 3.00 bits per heavy atom. The van der Waals surface area contributed by atoms with E-state index in [1.807, 2.05) is 18.2 Å². The molecule has 74 valence electrons. The van der Waals surface area contributed by atoms with Crippen LogP contribution in [0.25, 0.3) is 21.9 Å². The van der Waals surface area contributed by atoms with Gasteiger partial charge in [-0.15, -0.1) is 0 Å². The molecular weight excluding hydrogens is 212 g/mol. The average Bonchev–Trinajstić information content (AvgIpc) is 2.57. The molecule has 4 nitrogen and oxygen atoms in total. The molecule has 0 spiro atoms. The molecule has 0 aliphatic heterocycles. The fourth-order valence-electron chi connectivity index (χ4n) is 1.72. The molecular formula is C10H7ClN4. The van der Waals surface area contributed by atoms with Crippen LogP contribution in [0.1, 0.15) is 0 Å². The fourth-order valence-corrected chi connectivity index (χ4v) is 1.89. The molecule has 3 aromatic rings. The number of fused-ring (bicyclic) bond motifs is 3. The van der Waals surface area contributed by atoms with Gasteiger partial charge in [-0.25, -0.2) is 9.97 Å². The van der Waals surface area contributed by atoms with Crippen molar-refractivity contribution in [3.05, 3.63) is 29.5 Å². The van der Waals surface area contributed by atoms with Crippen molar-refractivity contribution in [1.29, 1.82) is 0 Å². The van der Waals surface area contributed by atoms with Gasteiger partial charge in [0.15, 0.2) is 0 Å². The van der Waals surface area contributed by atoms with E-state index >= 15 is 0 Å². The Morgan fingerprint density at radius 2 is 2.13 bits per heavy atom. The maximum Gasteiger partial charge on any atom is 0.143 e. The summed E-state index contributed by atoms with van der Waals surface area (Å²) in [6.45, 7) is 0. The number of aromatic amines is 1. The number of rotatable bonds is 0. The van der Waals surface area contributed by atoms with Crippen LogP contribution in [-0.2, 0) is 0 Å². The van der Waals surface area contributed by atoms with E-state index in [0.717, 1.165) is 21.9 Å². The molecule has 0 atom stereocenters. The summed E-state index contributed by atoms with van der Waals surface area (Å²) in [6, 6.07) is 5.58. The molecule has 0 aliphatic carbocycles. The van der Waals surface area contributed by atoms with Crippen molar-refractivity contribution in [2.24, 2.45) is 0 Å². The van der Waals surface area contributed by atoms with E-state index in [0.29, 0.717) is 10.8 Å². The first-order chi connectivity index (χ1) is 7.25. The predicted octanol–water partition coefficient (Wildman–Crippen LogP) is 2.35. The Balaban J connectivity index is 2.61. The fraction of sp³-hybridized carbons (Fsp3) is 0. The van der Waals surface area contributed by atoms with Crippen LogP contribution in [0.4, 0.5) is 5.82 Å². The molecule has 0 bridgehead atoms. The molecule has 0 fully saturated rings. The number of benzene rings is 1. The maximum absolute atomic E-state index is 5.93. The second-order valence-electron chi connectivity index (χ2n) is 3.30. The number of halogens is 1. The van der Waals surface area contributed by atoms with Crippen molar-refractivity contribution in [1.82, 2.24) is 15.0 Å². The van der Waals surface area contributed by atoms with E-state index in [4.69, 9.17) is 17.3 Å². The number of hydrogen-bond donors (Lipinski definition) is 2. The van der Waals surface area contributed by atoms with E-state index < -0.39 is 0 Å². The molecule has 5 heteroatoms. The summed E-state index contributed by atoms with van der Waals surface area (Å²) in [4.78, 5) is 11.2. The maximum atomic E-state index is 5.93. The van der Waals surface area contributed by atoms with Gasteiger partial charge in [-0.2, -0.15) is 0 Å². The standard InChI is InChI=1S/C10H7ClN4/c11-5-1-2-7-6(3-5)8-9(12)13-4-14-10(8)15-7/h1-4H,(H3,12,13,14,15). The molecule has 0 saturated carbocycles. The zero-order valence-corrected chi connectivity index (χ0v) is 8.42. The minimum Gasteiger partial charge on any atom is -0.383 e. The van der Waals surface area contributed by atoms with Crippen molar-refractivity contribution < 1.29 is 0 Å². The van der Waals surface area contributed by atoms with Crippen LogP contribution in [0.3, 0.4) is 0 Å². The van der Waals surface area contributed by atoms with Crippen molar-refractivity contribution in [2.45, 2.75) is 0 Å². The third kappa shape index (κ3) is 1.15. The summed E-state index contributed by atoms with van der Waals surface area (Å²) in [7, 11) is 0. The van der Waals surface area contributed by atoms with Crippen molar-refractivity contribution in [2.75, 3.05) is 5.73 Å². The van der Waals surface area contributed by atoms with E-state index in [9.17, 15) is 0 Å². The average molecular weight is 219 g/mol. The Hall–Kier alpha value is -1.81. The SMILES string of the molecule is Nc1ncnc2[nH]c3ccc(Cl)cc3c12. The zero-order chi connectivity index (χ0) is 10.4. The molecule has 15 heavy (non-hydrogen) atoms. The highest BCUT2D eigenvalue weighted by atomic mass is 35.5. The summed E-state index contributed by atoms with van der Waals surface area (Å²) in [6.07, 6.45) is 1.44. The van der Waals surface area contributed by atoms with Gasteiger partial charge < -0.3 is 10.7 Å². The quantitative estimate of drug-likeness (QED) is 0.609. The summed E-state index contributed by atoms with van der Waals surface area (Å²) in [5.41, 5.74) is 7.50. The van der Waals surface area contributed by atoms with Crippen LogP contribution in [0.5, 0.6) is 0 Å². The van der Waals surface area contributed by atoms with Gasteiger partial charge in [0.2, 0.25) is 0 Å². The molecule has 0 unspecified atom stereocenters. The van der Waals surface area contributed by atoms with Gasteiger partial charge in [0.05, 0.1) is 5.39 Å². The lowest BCUT2D eigenvalue weighted by atomic mass is 10.2. The smallest absolute Gasteiger partial charge is 0.143 e.